The number of carboxylic acids is 1. The zero-order valence-corrected chi connectivity index (χ0v) is 6.46. The minimum absolute atomic E-state index is 0.518. The predicted octanol–water partition coefficient (Wildman–Crippen LogP) is -0.648. The molecule has 0 aromatic rings. The summed E-state index contributed by atoms with van der Waals surface area (Å²) in [4.78, 5) is 20.5. The minimum atomic E-state index is -1.21. The molecule has 0 aliphatic carbocycles. The van der Waals surface area contributed by atoms with E-state index in [0.717, 1.165) is 0 Å². The molecule has 0 spiro atoms. The van der Waals surface area contributed by atoms with Gasteiger partial charge in [0.15, 0.2) is 0 Å². The highest BCUT2D eigenvalue weighted by atomic mass is 16.5. The maximum Gasteiger partial charge on any atom is 0.329 e. The van der Waals surface area contributed by atoms with Crippen molar-refractivity contribution in [1.82, 2.24) is 0 Å². The zero-order valence-electron chi connectivity index (χ0n) is 6.46. The second kappa shape index (κ2) is 3.34. The van der Waals surface area contributed by atoms with Gasteiger partial charge in [0, 0.05) is 0 Å². The van der Waals surface area contributed by atoms with Crippen LogP contribution in [0.5, 0.6) is 0 Å². The van der Waals surface area contributed by atoms with Gasteiger partial charge in [0.2, 0.25) is 5.91 Å². The first-order valence-corrected chi connectivity index (χ1v) is 3.02. The second-order valence-electron chi connectivity index (χ2n) is 2.56. The molecule has 0 rings (SSSR count). The summed E-state index contributed by atoms with van der Waals surface area (Å²) in [6.07, 6.45) is 0. The van der Waals surface area contributed by atoms with Crippen molar-refractivity contribution in [2.45, 2.75) is 19.4 Å². The van der Waals surface area contributed by atoms with Crippen molar-refractivity contribution < 1.29 is 19.4 Å². The number of carbonyl (C=O) groups excluding carboxylic acids is 1. The van der Waals surface area contributed by atoms with E-state index in [9.17, 15) is 9.59 Å². The number of carbonyl (C=O) groups is 2. The molecule has 0 atom stereocenters. The number of hydrogen-bond donors (Lipinski definition) is 2. The second-order valence-corrected chi connectivity index (χ2v) is 2.56. The Bertz CT molecular complexity index is 175. The van der Waals surface area contributed by atoms with E-state index < -0.39 is 24.1 Å². The average Bonchev–Trinajstić information content (AvgIpc) is 1.84. The van der Waals surface area contributed by atoms with E-state index in [1.807, 2.05) is 0 Å². The number of aliphatic carboxylic acids is 1. The summed E-state index contributed by atoms with van der Waals surface area (Å²) >= 11 is 0. The quantitative estimate of drug-likeness (QED) is 0.573. The highest BCUT2D eigenvalue weighted by Crippen LogP contribution is 2.06. The third-order valence-electron chi connectivity index (χ3n) is 1.15. The Morgan fingerprint density at radius 2 is 2.00 bits per heavy atom. The third kappa shape index (κ3) is 3.57. The SMILES string of the molecule is CC(C)(OCC(=O)O)C(N)=O. The number of nitrogens with two attached hydrogens (primary N) is 1. The maximum atomic E-state index is 10.5. The Labute approximate surface area is 64.1 Å². The normalized spacial score (nSPS) is 11.1. The van der Waals surface area contributed by atoms with Gasteiger partial charge in [0.25, 0.3) is 0 Å². The van der Waals surface area contributed by atoms with Crippen LogP contribution in [0, 0.1) is 0 Å². The molecule has 5 heteroatoms. The molecule has 0 heterocycles. The van der Waals surface area contributed by atoms with Gasteiger partial charge in [-0.25, -0.2) is 4.79 Å². The monoisotopic (exact) mass is 161 g/mol. The first-order valence-electron chi connectivity index (χ1n) is 3.02. The van der Waals surface area contributed by atoms with Gasteiger partial charge >= 0.3 is 5.97 Å². The minimum Gasteiger partial charge on any atom is -0.480 e. The first-order chi connectivity index (χ1) is 4.86. The zero-order chi connectivity index (χ0) is 9.07. The Morgan fingerprint density at radius 3 is 2.27 bits per heavy atom. The fourth-order valence-electron chi connectivity index (χ4n) is 0.313. The summed E-state index contributed by atoms with van der Waals surface area (Å²) in [5.74, 6) is -1.81. The number of hydrogen-bond acceptors (Lipinski definition) is 3. The Hall–Kier alpha value is -1.10. The van der Waals surface area contributed by atoms with Crippen molar-refractivity contribution >= 4 is 11.9 Å². The van der Waals surface area contributed by atoms with Crippen molar-refractivity contribution in [3.8, 4) is 0 Å². The van der Waals surface area contributed by atoms with E-state index in [0.29, 0.717) is 0 Å². The molecule has 11 heavy (non-hydrogen) atoms. The molecule has 1 amide bonds. The average molecular weight is 161 g/mol. The lowest BCUT2D eigenvalue weighted by Gasteiger charge is -2.19. The molecule has 0 fully saturated rings. The molecule has 0 aliphatic heterocycles. The van der Waals surface area contributed by atoms with Crippen molar-refractivity contribution in [3.05, 3.63) is 0 Å². The van der Waals surface area contributed by atoms with Crippen LogP contribution >= 0.6 is 0 Å². The van der Waals surface area contributed by atoms with Crippen LogP contribution in [-0.4, -0.2) is 29.2 Å². The van der Waals surface area contributed by atoms with Crippen LogP contribution in [0.3, 0.4) is 0 Å². The number of ether oxygens (including phenoxy) is 1. The van der Waals surface area contributed by atoms with Gasteiger partial charge in [0.05, 0.1) is 0 Å². The van der Waals surface area contributed by atoms with Crippen molar-refractivity contribution in [1.29, 1.82) is 0 Å². The van der Waals surface area contributed by atoms with Crippen molar-refractivity contribution in [3.63, 3.8) is 0 Å². The van der Waals surface area contributed by atoms with E-state index in [1.54, 1.807) is 0 Å². The van der Waals surface area contributed by atoms with Gasteiger partial charge in [-0.05, 0) is 13.8 Å². The topological polar surface area (TPSA) is 89.6 Å². The lowest BCUT2D eigenvalue weighted by molar-refractivity contribution is -0.153. The van der Waals surface area contributed by atoms with Crippen molar-refractivity contribution in [2.75, 3.05) is 6.61 Å². The Morgan fingerprint density at radius 1 is 1.55 bits per heavy atom. The number of primary amides is 1. The van der Waals surface area contributed by atoms with Crippen LogP contribution in [0.15, 0.2) is 0 Å². The number of amides is 1. The molecule has 0 radical (unpaired) electrons. The fraction of sp³-hybridized carbons (Fsp3) is 0.667. The van der Waals surface area contributed by atoms with E-state index in [-0.39, 0.29) is 0 Å². The molecule has 0 saturated heterocycles. The van der Waals surface area contributed by atoms with E-state index in [1.165, 1.54) is 13.8 Å². The lowest BCUT2D eigenvalue weighted by Crippen LogP contribution is -2.41. The van der Waals surface area contributed by atoms with Crippen LogP contribution in [0.2, 0.25) is 0 Å². The first kappa shape index (κ1) is 9.90. The van der Waals surface area contributed by atoms with E-state index in [4.69, 9.17) is 10.8 Å². The molecule has 0 aliphatic rings. The van der Waals surface area contributed by atoms with E-state index in [2.05, 4.69) is 4.74 Å². The fourth-order valence-corrected chi connectivity index (χ4v) is 0.313. The predicted molar refractivity (Wildman–Crippen MR) is 36.9 cm³/mol. The summed E-state index contributed by atoms with van der Waals surface area (Å²) in [6, 6.07) is 0. The van der Waals surface area contributed by atoms with Gasteiger partial charge in [0.1, 0.15) is 12.2 Å². The molecule has 64 valence electrons. The number of carboxylic acid groups (broad SMARTS) is 1. The summed E-state index contributed by atoms with van der Waals surface area (Å²) in [7, 11) is 0. The number of rotatable bonds is 4. The largest absolute Gasteiger partial charge is 0.480 e. The summed E-state index contributed by atoms with van der Waals surface area (Å²) in [6.45, 7) is 2.31. The molecule has 0 saturated carbocycles. The van der Waals surface area contributed by atoms with E-state index >= 15 is 0 Å². The van der Waals surface area contributed by atoms with Crippen LogP contribution in [-0.2, 0) is 14.3 Å². The smallest absolute Gasteiger partial charge is 0.329 e. The molecule has 3 N–H and O–H groups in total. The Balaban J connectivity index is 3.92. The molecule has 0 aromatic carbocycles. The van der Waals surface area contributed by atoms with Gasteiger partial charge in [-0.3, -0.25) is 4.79 Å². The molecule has 0 bridgehead atoms. The summed E-state index contributed by atoms with van der Waals surface area (Å²) < 4.78 is 4.68. The van der Waals surface area contributed by atoms with Gasteiger partial charge in [-0.2, -0.15) is 0 Å². The molecular weight excluding hydrogens is 150 g/mol. The third-order valence-corrected chi connectivity index (χ3v) is 1.15. The standard InChI is InChI=1S/C6H11NO4/c1-6(2,5(7)10)11-3-4(8)9/h3H2,1-2H3,(H2,7,10)(H,8,9). The highest BCUT2D eigenvalue weighted by molar-refractivity contribution is 5.82. The lowest BCUT2D eigenvalue weighted by atomic mass is 10.1. The van der Waals surface area contributed by atoms with Gasteiger partial charge in [-0.1, -0.05) is 0 Å². The van der Waals surface area contributed by atoms with Gasteiger partial charge in [-0.15, -0.1) is 0 Å². The highest BCUT2D eigenvalue weighted by Gasteiger charge is 2.26. The molecular formula is C6H11NO4. The summed E-state index contributed by atoms with van der Waals surface area (Å²) in [5.41, 5.74) is 3.69. The Kier molecular flexibility index (Phi) is 3.00. The van der Waals surface area contributed by atoms with Crippen molar-refractivity contribution in [2.24, 2.45) is 5.73 Å². The molecule has 5 nitrogen and oxygen atoms in total. The maximum absolute atomic E-state index is 10.5. The summed E-state index contributed by atoms with van der Waals surface area (Å²) in [5, 5.41) is 8.18. The van der Waals surface area contributed by atoms with Crippen LogP contribution in [0.25, 0.3) is 0 Å². The van der Waals surface area contributed by atoms with Crippen LogP contribution < -0.4 is 5.73 Å². The molecule has 0 unspecified atom stereocenters. The van der Waals surface area contributed by atoms with Crippen LogP contribution in [0.4, 0.5) is 0 Å². The van der Waals surface area contributed by atoms with Gasteiger partial charge < -0.3 is 15.6 Å². The molecule has 0 aromatic heterocycles. The van der Waals surface area contributed by atoms with Crippen LogP contribution in [0.1, 0.15) is 13.8 Å².